The van der Waals surface area contributed by atoms with Gasteiger partial charge in [-0.1, -0.05) is 81.1 Å². The van der Waals surface area contributed by atoms with Gasteiger partial charge in [-0.2, -0.15) is 0 Å². The molecule has 0 bridgehead atoms. The Bertz CT molecular complexity index is 472. The Labute approximate surface area is 161 Å². The lowest BCUT2D eigenvalue weighted by Crippen LogP contribution is -2.55. The summed E-state index contributed by atoms with van der Waals surface area (Å²) in [5.41, 5.74) is 0.506. The number of hydrogen-bond acceptors (Lipinski definition) is 3. The summed E-state index contributed by atoms with van der Waals surface area (Å²) in [6.07, 6.45) is 7.74. The molecule has 0 aliphatic heterocycles. The summed E-state index contributed by atoms with van der Waals surface area (Å²) >= 11 is 0. The van der Waals surface area contributed by atoms with Crippen LogP contribution in [0.25, 0.3) is 0 Å². The van der Waals surface area contributed by atoms with E-state index in [-0.39, 0.29) is 16.1 Å². The highest BCUT2D eigenvalue weighted by Gasteiger charge is 2.56. The van der Waals surface area contributed by atoms with Gasteiger partial charge in [0.2, 0.25) is 0 Å². The predicted molar refractivity (Wildman–Crippen MR) is 111 cm³/mol. The van der Waals surface area contributed by atoms with Crippen molar-refractivity contribution in [3.05, 3.63) is 12.2 Å². The Balaban J connectivity index is 5.75. The highest BCUT2D eigenvalue weighted by molar-refractivity contribution is 6.80. The molecule has 0 aromatic rings. The summed E-state index contributed by atoms with van der Waals surface area (Å²) in [5, 5.41) is 8.70. The fraction of sp³-hybridized carbons (Fsp3) is 0.810. The normalized spacial score (nSPS) is 14.2. The fourth-order valence-electron chi connectivity index (χ4n) is 4.77. The monoisotopic (exact) mass is 384 g/mol. The zero-order valence-electron chi connectivity index (χ0n) is 18.1. The molecule has 0 aromatic heterocycles. The summed E-state index contributed by atoms with van der Waals surface area (Å²) < 4.78 is 6.18. The van der Waals surface area contributed by atoms with Crippen molar-refractivity contribution in [2.24, 2.45) is 5.92 Å². The molecular weight excluding hydrogens is 344 g/mol. The number of rotatable bonds is 12. The molecule has 0 amide bonds. The van der Waals surface area contributed by atoms with E-state index in [0.717, 1.165) is 25.0 Å². The number of hydrogen-bond donors (Lipinski definition) is 1. The van der Waals surface area contributed by atoms with Crippen LogP contribution < -0.4 is 0 Å². The molecule has 0 fully saturated rings. The van der Waals surface area contributed by atoms with Crippen molar-refractivity contribution in [3.63, 3.8) is 0 Å². The number of carbonyl (C=O) groups excluding carboxylic acids is 1. The second-order valence-corrected chi connectivity index (χ2v) is 14.2. The summed E-state index contributed by atoms with van der Waals surface area (Å²) in [6.45, 7) is 17.6. The second kappa shape index (κ2) is 10.9. The summed E-state index contributed by atoms with van der Waals surface area (Å²) in [5.74, 6) is -1.02. The van der Waals surface area contributed by atoms with E-state index >= 15 is 0 Å². The quantitative estimate of drug-likeness (QED) is 0.316. The van der Waals surface area contributed by atoms with Gasteiger partial charge < -0.3 is 9.53 Å². The van der Waals surface area contributed by atoms with Gasteiger partial charge in [-0.3, -0.25) is 0 Å². The van der Waals surface area contributed by atoms with E-state index in [1.54, 1.807) is 0 Å². The van der Waals surface area contributed by atoms with Crippen LogP contribution in [0.5, 0.6) is 0 Å². The van der Waals surface area contributed by atoms with Gasteiger partial charge in [-0.05, 0) is 28.5 Å². The average molecular weight is 385 g/mol. The first-order chi connectivity index (χ1) is 11.9. The van der Waals surface area contributed by atoms with Crippen LogP contribution in [0.2, 0.25) is 16.1 Å². The Kier molecular flexibility index (Phi) is 10.4. The lowest BCUT2D eigenvalue weighted by Gasteiger charge is -2.50. The van der Waals surface area contributed by atoms with Gasteiger partial charge in [-0.25, -0.2) is 9.59 Å². The Morgan fingerprint density at radius 3 is 2.00 bits per heavy atom. The smallest absolute Gasteiger partial charge is 0.328 e. The van der Waals surface area contributed by atoms with E-state index in [1.165, 1.54) is 19.3 Å². The van der Waals surface area contributed by atoms with E-state index in [9.17, 15) is 9.59 Å². The molecular formula is C21H40O4Si. The highest BCUT2D eigenvalue weighted by atomic mass is 28.4. The summed E-state index contributed by atoms with van der Waals surface area (Å²) in [6, 6.07) is 0. The third-order valence-electron chi connectivity index (χ3n) is 5.75. The molecule has 0 aromatic carbocycles. The van der Waals surface area contributed by atoms with Gasteiger partial charge in [-0.15, -0.1) is 0 Å². The minimum absolute atomic E-state index is 0.0868. The maximum Gasteiger partial charge on any atom is 0.328 e. The van der Waals surface area contributed by atoms with Crippen LogP contribution in [0.3, 0.4) is 0 Å². The van der Waals surface area contributed by atoms with E-state index in [4.69, 9.17) is 9.53 Å². The third kappa shape index (κ3) is 6.56. The molecule has 1 atom stereocenters. The van der Waals surface area contributed by atoms with E-state index < -0.39 is 20.3 Å². The molecule has 0 saturated carbocycles. The van der Waals surface area contributed by atoms with Crippen molar-refractivity contribution in [2.75, 3.05) is 0 Å². The number of carboxylic acids is 1. The largest absolute Gasteiger partial charge is 0.515 e. The fourth-order valence-corrected chi connectivity index (χ4v) is 11.0. The zero-order valence-corrected chi connectivity index (χ0v) is 19.1. The molecule has 0 spiro atoms. The van der Waals surface area contributed by atoms with Crippen molar-refractivity contribution < 1.29 is 19.1 Å². The van der Waals surface area contributed by atoms with Crippen molar-refractivity contribution >= 4 is 20.3 Å². The molecule has 0 saturated heterocycles. The van der Waals surface area contributed by atoms with Crippen LogP contribution in [0, 0.1) is 5.92 Å². The first-order valence-electron chi connectivity index (χ1n) is 10.1. The lowest BCUT2D eigenvalue weighted by molar-refractivity contribution is -0.133. The van der Waals surface area contributed by atoms with Crippen LogP contribution in [0.4, 0.5) is 0 Å². The minimum atomic E-state index is -2.52. The SMILES string of the molecule is CCCCC(CC)CC(C)(C)[Si](OC(=O)/C=C\C(=O)O)(C(C)C)C(C)C. The molecule has 0 rings (SSSR count). The maximum atomic E-state index is 12.4. The minimum Gasteiger partial charge on any atom is -0.515 e. The molecule has 4 nitrogen and oxygen atoms in total. The third-order valence-corrected chi connectivity index (χ3v) is 12.0. The Hall–Kier alpha value is -1.10. The first kappa shape index (κ1) is 24.9. The molecule has 1 N–H and O–H groups in total. The molecule has 26 heavy (non-hydrogen) atoms. The van der Waals surface area contributed by atoms with Crippen LogP contribution in [0.1, 0.15) is 87.5 Å². The number of unbranched alkanes of at least 4 members (excludes halogenated alkanes) is 1. The lowest BCUT2D eigenvalue weighted by atomic mass is 9.90. The van der Waals surface area contributed by atoms with Crippen molar-refractivity contribution in [3.8, 4) is 0 Å². The second-order valence-electron chi connectivity index (χ2n) is 8.70. The zero-order chi connectivity index (χ0) is 20.5. The standard InChI is InChI=1S/C21H40O4Si/c1-9-11-12-18(10-2)15-21(7,8)26(16(3)4,17(5)6)25-20(24)14-13-19(22)23/h13-14,16-18H,9-12,15H2,1-8H3,(H,22,23)/b14-13-. The first-order valence-corrected chi connectivity index (χ1v) is 12.1. The number of aliphatic carboxylic acids is 1. The Morgan fingerprint density at radius 1 is 1.08 bits per heavy atom. The highest BCUT2D eigenvalue weighted by Crippen LogP contribution is 2.55. The van der Waals surface area contributed by atoms with Crippen LogP contribution in [-0.4, -0.2) is 25.4 Å². The van der Waals surface area contributed by atoms with Gasteiger partial charge in [0.25, 0.3) is 8.32 Å². The van der Waals surface area contributed by atoms with Crippen molar-refractivity contribution in [1.29, 1.82) is 0 Å². The molecule has 152 valence electrons. The van der Waals surface area contributed by atoms with Crippen LogP contribution >= 0.6 is 0 Å². The van der Waals surface area contributed by atoms with Crippen LogP contribution in [0.15, 0.2) is 12.2 Å². The van der Waals surface area contributed by atoms with E-state index in [1.807, 2.05) is 0 Å². The van der Waals surface area contributed by atoms with E-state index in [2.05, 4.69) is 55.4 Å². The molecule has 0 heterocycles. The maximum absolute atomic E-state index is 12.4. The predicted octanol–water partition coefficient (Wildman–Crippen LogP) is 6.32. The van der Waals surface area contributed by atoms with Gasteiger partial charge in [0.1, 0.15) is 0 Å². The van der Waals surface area contributed by atoms with Crippen molar-refractivity contribution in [1.82, 2.24) is 0 Å². The number of carbonyl (C=O) groups is 2. The van der Waals surface area contributed by atoms with Gasteiger partial charge >= 0.3 is 11.9 Å². The van der Waals surface area contributed by atoms with Gasteiger partial charge in [0.15, 0.2) is 0 Å². The summed E-state index contributed by atoms with van der Waals surface area (Å²) in [7, 11) is -2.52. The number of carboxylic acid groups (broad SMARTS) is 1. The average Bonchev–Trinajstić information content (AvgIpc) is 2.53. The van der Waals surface area contributed by atoms with Gasteiger partial charge in [0, 0.05) is 12.2 Å². The van der Waals surface area contributed by atoms with E-state index in [0.29, 0.717) is 5.92 Å². The molecule has 0 aliphatic carbocycles. The molecule has 0 radical (unpaired) electrons. The Morgan fingerprint density at radius 2 is 1.62 bits per heavy atom. The molecule has 5 heteroatoms. The van der Waals surface area contributed by atoms with Gasteiger partial charge in [0.05, 0.1) is 0 Å². The molecule has 0 aliphatic rings. The topological polar surface area (TPSA) is 63.6 Å². The molecule has 1 unspecified atom stereocenters. The van der Waals surface area contributed by atoms with Crippen LogP contribution in [-0.2, 0) is 14.0 Å². The van der Waals surface area contributed by atoms with Crippen molar-refractivity contribution in [2.45, 2.75) is 104 Å². The summed E-state index contributed by atoms with van der Waals surface area (Å²) in [4.78, 5) is 23.1.